The summed E-state index contributed by atoms with van der Waals surface area (Å²) in [5, 5.41) is 0. The number of rotatable bonds is 32. The summed E-state index contributed by atoms with van der Waals surface area (Å²) in [6.07, 6.45) is 36.0. The molecule has 38 heavy (non-hydrogen) atoms. The second-order valence-corrected chi connectivity index (χ2v) is 12.7. The first-order chi connectivity index (χ1) is 18.1. The quantitative estimate of drug-likeness (QED) is 0.0447. The molecule has 0 aliphatic carbocycles. The minimum atomic E-state index is -4.12. The molecule has 0 saturated heterocycles. The van der Waals surface area contributed by atoms with Gasteiger partial charge in [0.2, 0.25) is 0 Å². The minimum Gasteiger partial charge on any atom is -0.756 e. The van der Waals surface area contributed by atoms with Gasteiger partial charge in [0.15, 0.2) is 0 Å². The monoisotopic (exact) mass is 585 g/mol. The number of phosphoric ester groups is 1. The van der Waals surface area contributed by atoms with Crippen molar-refractivity contribution in [1.29, 1.82) is 0 Å². The first-order valence-electron chi connectivity index (χ1n) is 16.7. The number of phosphoric acid groups is 1. The van der Waals surface area contributed by atoms with Gasteiger partial charge in [-0.15, -0.1) is 0 Å². The molecule has 0 amide bonds. The Balaban J connectivity index is 0. The van der Waals surface area contributed by atoms with E-state index in [9.17, 15) is 9.46 Å². The van der Waals surface area contributed by atoms with E-state index in [1.807, 2.05) is 0 Å². The van der Waals surface area contributed by atoms with Crippen molar-refractivity contribution < 1.29 is 18.5 Å². The van der Waals surface area contributed by atoms with Gasteiger partial charge >= 0.3 is 37.7 Å². The van der Waals surface area contributed by atoms with Crippen LogP contribution in [0, 0.1) is 0 Å². The molecule has 0 heterocycles. The molecule has 0 bridgehead atoms. The summed E-state index contributed by atoms with van der Waals surface area (Å²) in [6.45, 7) is 5.06. The van der Waals surface area contributed by atoms with Gasteiger partial charge < -0.3 is 13.9 Å². The Morgan fingerprint density at radius 2 is 0.579 bits per heavy atom. The van der Waals surface area contributed by atoms with Crippen LogP contribution < -0.4 is 4.89 Å². The molecule has 0 fully saturated rings. The van der Waals surface area contributed by atoms with Gasteiger partial charge in [-0.05, 0) is 12.8 Å². The summed E-state index contributed by atoms with van der Waals surface area (Å²) in [5.74, 6) is 0. The van der Waals surface area contributed by atoms with Crippen LogP contribution in [0.15, 0.2) is 0 Å². The molecule has 225 valence electrons. The Kier molecular flexibility index (Phi) is 37.8. The molecular formula is C32H66CaO4P. The smallest absolute Gasteiger partial charge is 0.756 e. The molecule has 0 aromatic rings. The molecule has 0 aromatic heterocycles. The molecular weight excluding hydrogens is 519 g/mol. The van der Waals surface area contributed by atoms with Gasteiger partial charge in [-0.25, -0.2) is 0 Å². The van der Waals surface area contributed by atoms with Crippen LogP contribution >= 0.6 is 7.82 Å². The van der Waals surface area contributed by atoms with Crippen LogP contribution in [-0.2, 0) is 13.6 Å². The Hall–Kier alpha value is 1.37. The van der Waals surface area contributed by atoms with Crippen molar-refractivity contribution >= 4 is 45.6 Å². The molecule has 0 spiro atoms. The standard InChI is InChI=1S/C32H67O4P.Ca/c1-3-5-7-9-11-13-15-17-19-21-23-25-27-29-31-35-37(33,34)36-32-30-28-26-24-22-20-18-16-14-12-10-8-6-4-2;/h3-32H2,1-2H3,(H,33,34);/q;+1/p-1. The van der Waals surface area contributed by atoms with Crippen molar-refractivity contribution in [2.24, 2.45) is 0 Å². The van der Waals surface area contributed by atoms with Gasteiger partial charge in [0.25, 0.3) is 7.82 Å². The van der Waals surface area contributed by atoms with Gasteiger partial charge in [0.05, 0.1) is 13.2 Å². The Morgan fingerprint density at radius 3 is 0.789 bits per heavy atom. The van der Waals surface area contributed by atoms with Crippen molar-refractivity contribution in [2.45, 2.75) is 194 Å². The number of hydrogen-bond donors (Lipinski definition) is 0. The van der Waals surface area contributed by atoms with E-state index in [1.54, 1.807) is 0 Å². The average Bonchev–Trinajstić information content (AvgIpc) is 2.88. The van der Waals surface area contributed by atoms with Crippen LogP contribution in [0.3, 0.4) is 0 Å². The maximum absolute atomic E-state index is 11.9. The van der Waals surface area contributed by atoms with Crippen LogP contribution in [0.1, 0.15) is 194 Å². The number of hydrogen-bond acceptors (Lipinski definition) is 4. The first kappa shape index (κ1) is 41.5. The zero-order chi connectivity index (χ0) is 27.1. The molecule has 0 aromatic carbocycles. The van der Waals surface area contributed by atoms with Gasteiger partial charge in [-0.2, -0.15) is 0 Å². The third-order valence-electron chi connectivity index (χ3n) is 7.49. The van der Waals surface area contributed by atoms with Crippen LogP contribution in [-0.4, -0.2) is 51.0 Å². The fourth-order valence-electron chi connectivity index (χ4n) is 4.98. The fraction of sp³-hybridized carbons (Fsp3) is 1.00. The number of unbranched alkanes of at least 4 members (excludes halogenated alkanes) is 26. The molecule has 6 heteroatoms. The fourth-order valence-corrected chi connectivity index (χ4v) is 5.76. The second-order valence-electron chi connectivity index (χ2n) is 11.3. The van der Waals surface area contributed by atoms with E-state index in [2.05, 4.69) is 13.8 Å². The van der Waals surface area contributed by atoms with Crippen molar-refractivity contribution in [3.8, 4) is 0 Å². The molecule has 0 rings (SSSR count). The van der Waals surface area contributed by atoms with Crippen molar-refractivity contribution in [1.82, 2.24) is 0 Å². The van der Waals surface area contributed by atoms with Crippen molar-refractivity contribution in [3.63, 3.8) is 0 Å². The van der Waals surface area contributed by atoms with E-state index in [0.29, 0.717) is 0 Å². The zero-order valence-electron chi connectivity index (χ0n) is 26.0. The summed E-state index contributed by atoms with van der Waals surface area (Å²) in [7, 11) is -4.12. The maximum Gasteiger partial charge on any atom is 1.00 e. The van der Waals surface area contributed by atoms with Crippen LogP contribution in [0.5, 0.6) is 0 Å². The van der Waals surface area contributed by atoms with E-state index in [0.717, 1.165) is 25.7 Å². The van der Waals surface area contributed by atoms with E-state index in [4.69, 9.17) is 9.05 Å². The normalized spacial score (nSPS) is 11.7. The predicted molar refractivity (Wildman–Crippen MR) is 166 cm³/mol. The molecule has 0 saturated carbocycles. The second kappa shape index (κ2) is 34.6. The topological polar surface area (TPSA) is 58.6 Å². The Morgan fingerprint density at radius 1 is 0.395 bits per heavy atom. The van der Waals surface area contributed by atoms with Gasteiger partial charge in [0, 0.05) is 0 Å². The molecule has 0 N–H and O–H groups in total. The molecule has 0 aliphatic heterocycles. The Bertz CT molecular complexity index is 440. The zero-order valence-corrected chi connectivity index (χ0v) is 29.1. The van der Waals surface area contributed by atoms with E-state index in [1.165, 1.54) is 154 Å². The van der Waals surface area contributed by atoms with Gasteiger partial charge in [0.1, 0.15) is 0 Å². The average molecular weight is 586 g/mol. The molecule has 1 radical (unpaired) electrons. The van der Waals surface area contributed by atoms with Crippen LogP contribution in [0.2, 0.25) is 0 Å². The summed E-state index contributed by atoms with van der Waals surface area (Å²) in [5.41, 5.74) is 0. The minimum absolute atomic E-state index is 0. The third kappa shape index (κ3) is 35.4. The predicted octanol–water partition coefficient (Wildman–Crippen LogP) is 11.1. The Labute approximate surface area is 269 Å². The molecule has 0 atom stereocenters. The maximum atomic E-state index is 11.9. The largest absolute Gasteiger partial charge is 1.00 e. The molecule has 4 nitrogen and oxygen atoms in total. The van der Waals surface area contributed by atoms with Gasteiger partial charge in [-0.1, -0.05) is 181 Å². The molecule has 0 aliphatic rings. The SMILES string of the molecule is CCCCCCCCCCCCCCCCOP(=O)([O-])OCCCCCCCCCCCCCCCC.[Ca+]. The van der Waals surface area contributed by atoms with Crippen LogP contribution in [0.4, 0.5) is 0 Å². The van der Waals surface area contributed by atoms with Gasteiger partial charge in [-0.3, -0.25) is 4.57 Å². The van der Waals surface area contributed by atoms with E-state index < -0.39 is 7.82 Å². The first-order valence-corrected chi connectivity index (χ1v) is 18.2. The van der Waals surface area contributed by atoms with Crippen molar-refractivity contribution in [2.75, 3.05) is 13.2 Å². The van der Waals surface area contributed by atoms with Crippen LogP contribution in [0.25, 0.3) is 0 Å². The van der Waals surface area contributed by atoms with E-state index in [-0.39, 0.29) is 51.0 Å². The van der Waals surface area contributed by atoms with Crippen molar-refractivity contribution in [3.05, 3.63) is 0 Å². The summed E-state index contributed by atoms with van der Waals surface area (Å²) < 4.78 is 21.9. The summed E-state index contributed by atoms with van der Waals surface area (Å²) in [6, 6.07) is 0. The van der Waals surface area contributed by atoms with E-state index >= 15 is 0 Å². The molecule has 0 unspecified atom stereocenters. The summed E-state index contributed by atoms with van der Waals surface area (Å²) >= 11 is 0. The third-order valence-corrected chi connectivity index (χ3v) is 8.49. The summed E-state index contributed by atoms with van der Waals surface area (Å²) in [4.78, 5) is 11.9.